The van der Waals surface area contributed by atoms with Crippen molar-refractivity contribution in [2.75, 3.05) is 33.8 Å². The number of fused-ring (bicyclic) bond motifs is 5. The molecule has 1 aliphatic heterocycles. The largest absolute Gasteiger partial charge is 0.375 e. The molecule has 5 unspecified atom stereocenters. The summed E-state index contributed by atoms with van der Waals surface area (Å²) in [5.74, 6) is 0.821. The first kappa shape index (κ1) is 22.7. The minimum absolute atomic E-state index is 0. The van der Waals surface area contributed by atoms with E-state index < -0.39 is 0 Å². The monoisotopic (exact) mass is 524 g/mol. The summed E-state index contributed by atoms with van der Waals surface area (Å²) in [5.41, 5.74) is 1.08. The van der Waals surface area contributed by atoms with Crippen LogP contribution in [-0.2, 0) is 14.3 Å². The van der Waals surface area contributed by atoms with Crippen molar-refractivity contribution >= 4 is 41.8 Å². The number of aliphatic imine (C=N–C) groups is 1. The quantitative estimate of drug-likeness (QED) is 0.188. The number of imide groups is 1. The second-order valence-corrected chi connectivity index (χ2v) is 7.84. The van der Waals surface area contributed by atoms with E-state index in [-0.39, 0.29) is 65.6 Å². The molecule has 7 nitrogen and oxygen atoms in total. The highest BCUT2D eigenvalue weighted by atomic mass is 127. The van der Waals surface area contributed by atoms with Crippen molar-refractivity contribution in [3.8, 4) is 0 Å². The molecule has 2 aliphatic carbocycles. The van der Waals surface area contributed by atoms with E-state index in [1.807, 2.05) is 30.3 Å². The number of benzene rings is 1. The number of allylic oxidation sites excluding steroid dienone is 2. The Bertz CT molecular complexity index is 799. The predicted octanol–water partition coefficient (Wildman–Crippen LogP) is 1.96. The number of ether oxygens (including phenoxy) is 1. The molecule has 8 heteroatoms. The summed E-state index contributed by atoms with van der Waals surface area (Å²) >= 11 is 0. The lowest BCUT2D eigenvalue weighted by atomic mass is 9.85. The maximum Gasteiger partial charge on any atom is 0.233 e. The minimum atomic E-state index is -0.136. The molecule has 2 bridgehead atoms. The van der Waals surface area contributed by atoms with Gasteiger partial charge in [-0.25, -0.2) is 0 Å². The van der Waals surface area contributed by atoms with Gasteiger partial charge < -0.3 is 15.4 Å². The van der Waals surface area contributed by atoms with E-state index >= 15 is 0 Å². The molecule has 3 aliphatic rings. The van der Waals surface area contributed by atoms with Gasteiger partial charge in [-0.05, 0) is 23.8 Å². The Morgan fingerprint density at radius 2 is 1.77 bits per heavy atom. The average Bonchev–Trinajstić information content (AvgIpc) is 3.43. The molecule has 2 N–H and O–H groups in total. The zero-order valence-corrected chi connectivity index (χ0v) is 19.6. The van der Waals surface area contributed by atoms with Crippen LogP contribution in [0.3, 0.4) is 0 Å². The van der Waals surface area contributed by atoms with Crippen molar-refractivity contribution in [1.29, 1.82) is 0 Å². The van der Waals surface area contributed by atoms with E-state index in [0.717, 1.165) is 12.0 Å². The van der Waals surface area contributed by atoms with Gasteiger partial charge in [0.2, 0.25) is 11.8 Å². The molecule has 0 radical (unpaired) electrons. The zero-order valence-electron chi connectivity index (χ0n) is 17.3. The number of nitrogens with one attached hydrogen (secondary N) is 2. The molecule has 1 heterocycles. The summed E-state index contributed by atoms with van der Waals surface area (Å²) in [5, 5.41) is 6.44. The molecule has 30 heavy (non-hydrogen) atoms. The molecule has 1 aromatic carbocycles. The summed E-state index contributed by atoms with van der Waals surface area (Å²) < 4.78 is 5.56. The third kappa shape index (κ3) is 4.25. The number of carbonyl (C=O) groups is 2. The molecule has 2 fully saturated rings. The molecule has 4 rings (SSSR count). The molecule has 1 aromatic rings. The number of hydrogen-bond donors (Lipinski definition) is 2. The van der Waals surface area contributed by atoms with Gasteiger partial charge in [0, 0.05) is 33.8 Å². The number of nitrogens with zero attached hydrogens (tertiary/aromatic N) is 2. The number of guanidine groups is 1. The van der Waals surface area contributed by atoms with Gasteiger partial charge in [0.15, 0.2) is 5.96 Å². The van der Waals surface area contributed by atoms with Crippen LogP contribution in [0.15, 0.2) is 47.5 Å². The highest BCUT2D eigenvalue weighted by Crippen LogP contribution is 2.52. The second-order valence-electron chi connectivity index (χ2n) is 7.84. The molecule has 0 spiro atoms. The molecular formula is C22H29IN4O3. The third-order valence-corrected chi connectivity index (χ3v) is 6.32. The number of halogens is 1. The lowest BCUT2D eigenvalue weighted by Gasteiger charge is -2.20. The van der Waals surface area contributed by atoms with Crippen LogP contribution in [0.2, 0.25) is 0 Å². The van der Waals surface area contributed by atoms with Gasteiger partial charge in [-0.3, -0.25) is 19.5 Å². The van der Waals surface area contributed by atoms with E-state index in [1.165, 1.54) is 4.90 Å². The molecule has 1 saturated heterocycles. The second kappa shape index (κ2) is 9.91. The number of hydrogen-bond acceptors (Lipinski definition) is 4. The van der Waals surface area contributed by atoms with Crippen LogP contribution in [0.1, 0.15) is 18.1 Å². The van der Waals surface area contributed by atoms with Crippen LogP contribution in [0.25, 0.3) is 0 Å². The third-order valence-electron chi connectivity index (χ3n) is 6.32. The van der Waals surface area contributed by atoms with Crippen LogP contribution >= 0.6 is 24.0 Å². The Kier molecular flexibility index (Phi) is 7.51. The van der Waals surface area contributed by atoms with Crippen molar-refractivity contribution in [2.24, 2.45) is 28.7 Å². The lowest BCUT2D eigenvalue weighted by molar-refractivity contribution is -0.140. The maximum absolute atomic E-state index is 12.7. The number of methoxy groups -OCH3 is 1. The molecular weight excluding hydrogens is 495 g/mol. The number of carbonyl (C=O) groups excluding carboxylic acids is 2. The smallest absolute Gasteiger partial charge is 0.233 e. The number of amides is 2. The fourth-order valence-corrected chi connectivity index (χ4v) is 4.89. The van der Waals surface area contributed by atoms with E-state index in [9.17, 15) is 9.59 Å². The lowest BCUT2D eigenvalue weighted by Crippen LogP contribution is -2.44. The van der Waals surface area contributed by atoms with Crippen LogP contribution in [0.5, 0.6) is 0 Å². The topological polar surface area (TPSA) is 83.0 Å². The van der Waals surface area contributed by atoms with Crippen LogP contribution in [0.4, 0.5) is 0 Å². The predicted molar refractivity (Wildman–Crippen MR) is 125 cm³/mol. The first-order valence-electron chi connectivity index (χ1n) is 10.2. The molecule has 5 atom stereocenters. The Balaban J connectivity index is 0.00000256. The SMILES string of the molecule is CN=C(NCCN1C(=O)C2C3C=CC(C3)C2C1=O)NCC(OC)c1ccccc1.I. The first-order valence-corrected chi connectivity index (χ1v) is 10.2. The minimum Gasteiger partial charge on any atom is -0.375 e. The fraction of sp³-hybridized carbons (Fsp3) is 0.500. The molecule has 0 aromatic heterocycles. The van der Waals surface area contributed by atoms with E-state index in [1.54, 1.807) is 14.2 Å². The van der Waals surface area contributed by atoms with E-state index in [2.05, 4.69) is 27.8 Å². The molecule has 162 valence electrons. The summed E-state index contributed by atoms with van der Waals surface area (Å²) in [6.45, 7) is 1.38. The summed E-state index contributed by atoms with van der Waals surface area (Å²) in [6, 6.07) is 9.98. The van der Waals surface area contributed by atoms with Gasteiger partial charge in [-0.1, -0.05) is 42.5 Å². The number of likely N-dealkylation sites (tertiary alicyclic amines) is 1. The Hall–Kier alpha value is -1.94. The highest BCUT2D eigenvalue weighted by molar-refractivity contribution is 14.0. The molecule has 2 amide bonds. The summed E-state index contributed by atoms with van der Waals surface area (Å²) in [6.07, 6.45) is 5.09. The number of rotatable bonds is 7. The van der Waals surface area contributed by atoms with Gasteiger partial charge in [0.05, 0.1) is 17.9 Å². The van der Waals surface area contributed by atoms with Crippen molar-refractivity contribution < 1.29 is 14.3 Å². The van der Waals surface area contributed by atoms with Crippen LogP contribution < -0.4 is 10.6 Å². The van der Waals surface area contributed by atoms with Gasteiger partial charge in [-0.2, -0.15) is 0 Å². The Labute approximate surface area is 194 Å². The molecule has 1 saturated carbocycles. The van der Waals surface area contributed by atoms with Gasteiger partial charge in [0.1, 0.15) is 0 Å². The van der Waals surface area contributed by atoms with E-state index in [0.29, 0.717) is 25.6 Å². The van der Waals surface area contributed by atoms with E-state index in [4.69, 9.17) is 4.74 Å². The highest BCUT2D eigenvalue weighted by Gasteiger charge is 2.58. The Morgan fingerprint density at radius 3 is 2.33 bits per heavy atom. The van der Waals surface area contributed by atoms with Gasteiger partial charge >= 0.3 is 0 Å². The van der Waals surface area contributed by atoms with Gasteiger partial charge in [0.25, 0.3) is 0 Å². The van der Waals surface area contributed by atoms with Crippen LogP contribution in [-0.4, -0.2) is 56.5 Å². The summed E-state index contributed by atoms with van der Waals surface area (Å²) in [7, 11) is 3.37. The first-order chi connectivity index (χ1) is 14.1. The van der Waals surface area contributed by atoms with Gasteiger partial charge in [-0.15, -0.1) is 24.0 Å². The standard InChI is InChI=1S/C22H28N4O3.HI/c1-23-22(25-13-17(29-2)14-6-4-3-5-7-14)24-10-11-26-20(27)18-15-8-9-16(12-15)19(18)21(26)28;/h3-9,15-19H,10-13H2,1-2H3,(H2,23,24,25);1H. The van der Waals surface area contributed by atoms with Crippen molar-refractivity contribution in [2.45, 2.75) is 12.5 Å². The maximum atomic E-state index is 12.7. The van der Waals surface area contributed by atoms with Crippen molar-refractivity contribution in [1.82, 2.24) is 15.5 Å². The average molecular weight is 524 g/mol. The zero-order chi connectivity index (χ0) is 20.4. The van der Waals surface area contributed by atoms with Crippen LogP contribution in [0, 0.1) is 23.7 Å². The van der Waals surface area contributed by atoms with Crippen molar-refractivity contribution in [3.63, 3.8) is 0 Å². The summed E-state index contributed by atoms with van der Waals surface area (Å²) in [4.78, 5) is 31.1. The Morgan fingerprint density at radius 1 is 1.13 bits per heavy atom. The fourth-order valence-electron chi connectivity index (χ4n) is 4.89. The van der Waals surface area contributed by atoms with Crippen molar-refractivity contribution in [3.05, 3.63) is 48.0 Å². The normalized spacial score (nSPS) is 27.8.